The van der Waals surface area contributed by atoms with Gasteiger partial charge in [-0.1, -0.05) is 12.1 Å². The van der Waals surface area contributed by atoms with Crippen LogP contribution in [-0.2, 0) is 28.6 Å². The van der Waals surface area contributed by atoms with E-state index in [1.165, 1.54) is 7.11 Å². The number of carbonyl (C=O) groups excluding carboxylic acids is 1. The first-order valence-electron chi connectivity index (χ1n) is 7.17. The molecule has 0 spiro atoms. The molecule has 0 aromatic heterocycles. The molecule has 0 radical (unpaired) electrons. The van der Waals surface area contributed by atoms with Gasteiger partial charge in [-0.15, -0.1) is 0 Å². The molecule has 22 heavy (non-hydrogen) atoms. The van der Waals surface area contributed by atoms with E-state index < -0.39 is 11.6 Å². The van der Waals surface area contributed by atoms with E-state index in [0.29, 0.717) is 17.9 Å². The van der Waals surface area contributed by atoms with E-state index >= 15 is 0 Å². The number of nitrogens with zero attached hydrogens (tertiary/aromatic N) is 1. The Morgan fingerprint density at radius 1 is 1.45 bits per heavy atom. The number of rotatable bonds is 5. The Balaban J connectivity index is 2.40. The highest BCUT2D eigenvalue weighted by molar-refractivity contribution is 5.88. The minimum absolute atomic E-state index is 0.0951. The summed E-state index contributed by atoms with van der Waals surface area (Å²) < 4.78 is 21.1. The Morgan fingerprint density at radius 3 is 2.77 bits per heavy atom. The summed E-state index contributed by atoms with van der Waals surface area (Å²) in [5.74, 6) is 0.0490. The number of esters is 1. The number of methoxy groups -OCH3 is 3. The number of hydrogen-bond acceptors (Lipinski definition) is 7. The summed E-state index contributed by atoms with van der Waals surface area (Å²) in [5, 5.41) is 3.99. The van der Waals surface area contributed by atoms with Crippen LogP contribution in [-0.4, -0.2) is 51.7 Å². The Bertz CT molecular complexity index is 488. The van der Waals surface area contributed by atoms with Crippen molar-refractivity contribution in [2.75, 3.05) is 28.1 Å². The zero-order valence-electron chi connectivity index (χ0n) is 13.6. The SMILES string of the molecule is COCO[C@]1(/C=C(\C)C(=O)OC)C[C@H](C)[C@@H]2ON=C(OC)[C@@H]21. The lowest BCUT2D eigenvalue weighted by Crippen LogP contribution is -2.42. The molecule has 0 aromatic rings. The molecule has 0 unspecified atom stereocenters. The van der Waals surface area contributed by atoms with Crippen molar-refractivity contribution in [1.29, 1.82) is 0 Å². The van der Waals surface area contributed by atoms with Crippen molar-refractivity contribution in [2.24, 2.45) is 17.0 Å². The van der Waals surface area contributed by atoms with Crippen molar-refractivity contribution in [3.05, 3.63) is 11.6 Å². The van der Waals surface area contributed by atoms with Crippen molar-refractivity contribution in [1.82, 2.24) is 0 Å². The maximum atomic E-state index is 11.8. The first-order chi connectivity index (χ1) is 10.5. The van der Waals surface area contributed by atoms with Crippen molar-refractivity contribution >= 4 is 11.9 Å². The molecule has 0 aromatic carbocycles. The van der Waals surface area contributed by atoms with Crippen molar-refractivity contribution in [3.63, 3.8) is 0 Å². The average molecular weight is 313 g/mol. The third-order valence-electron chi connectivity index (χ3n) is 4.21. The number of oxime groups is 1. The third-order valence-corrected chi connectivity index (χ3v) is 4.21. The molecular weight excluding hydrogens is 290 g/mol. The van der Waals surface area contributed by atoms with E-state index in [4.69, 9.17) is 23.8 Å². The highest BCUT2D eigenvalue weighted by Crippen LogP contribution is 2.49. The first kappa shape index (κ1) is 16.8. The van der Waals surface area contributed by atoms with E-state index in [2.05, 4.69) is 12.1 Å². The van der Waals surface area contributed by atoms with Crippen LogP contribution in [0.25, 0.3) is 0 Å². The number of ether oxygens (including phenoxy) is 4. The summed E-state index contributed by atoms with van der Waals surface area (Å²) in [4.78, 5) is 17.3. The lowest BCUT2D eigenvalue weighted by atomic mass is 9.87. The van der Waals surface area contributed by atoms with E-state index in [-0.39, 0.29) is 24.7 Å². The Hall–Kier alpha value is -1.60. The van der Waals surface area contributed by atoms with Crippen LogP contribution >= 0.6 is 0 Å². The predicted octanol–water partition coefficient (Wildman–Crippen LogP) is 1.48. The Kier molecular flexibility index (Phi) is 5.08. The fourth-order valence-corrected chi connectivity index (χ4v) is 3.30. The lowest BCUT2D eigenvalue weighted by Gasteiger charge is -2.31. The summed E-state index contributed by atoms with van der Waals surface area (Å²) in [6.45, 7) is 3.85. The molecule has 1 aliphatic heterocycles. The lowest BCUT2D eigenvalue weighted by molar-refractivity contribution is -0.137. The first-order valence-corrected chi connectivity index (χ1v) is 7.17. The van der Waals surface area contributed by atoms with Gasteiger partial charge < -0.3 is 23.8 Å². The standard InChI is InChI=1S/C15H23NO6/c1-9-6-15(21-8-18-3,7-10(2)14(17)20-5)11-12(9)22-16-13(11)19-4/h7,9,11-12H,6,8H2,1-5H3/b10-7+/t9-,11+,12-,15-/m0/s1. The number of hydrogen-bond donors (Lipinski definition) is 0. The minimum Gasteiger partial charge on any atom is -0.482 e. The second-order valence-electron chi connectivity index (χ2n) is 5.69. The van der Waals surface area contributed by atoms with Crippen LogP contribution in [0, 0.1) is 11.8 Å². The molecule has 124 valence electrons. The maximum absolute atomic E-state index is 11.8. The van der Waals surface area contributed by atoms with Gasteiger partial charge in [-0.2, -0.15) is 0 Å². The summed E-state index contributed by atoms with van der Waals surface area (Å²) in [6, 6.07) is 0. The van der Waals surface area contributed by atoms with E-state index in [1.807, 2.05) is 0 Å². The molecule has 1 saturated carbocycles. The topological polar surface area (TPSA) is 75.6 Å². The minimum atomic E-state index is -0.774. The largest absolute Gasteiger partial charge is 0.482 e. The summed E-state index contributed by atoms with van der Waals surface area (Å²) in [7, 11) is 4.45. The van der Waals surface area contributed by atoms with Gasteiger partial charge in [-0.25, -0.2) is 4.79 Å². The molecular formula is C15H23NO6. The molecule has 2 rings (SSSR count). The van der Waals surface area contributed by atoms with Gasteiger partial charge in [0.15, 0.2) is 0 Å². The van der Waals surface area contributed by atoms with Gasteiger partial charge in [-0.3, -0.25) is 0 Å². The van der Waals surface area contributed by atoms with Crippen LogP contribution < -0.4 is 0 Å². The van der Waals surface area contributed by atoms with Gasteiger partial charge in [0.05, 0.1) is 14.2 Å². The quantitative estimate of drug-likeness (QED) is 0.435. The van der Waals surface area contributed by atoms with Gasteiger partial charge in [-0.05, 0) is 25.3 Å². The number of carbonyl (C=O) groups is 1. The third kappa shape index (κ3) is 2.83. The van der Waals surface area contributed by atoms with E-state index in [9.17, 15) is 4.79 Å². The highest BCUT2D eigenvalue weighted by Gasteiger charge is 2.59. The van der Waals surface area contributed by atoms with E-state index in [0.717, 1.165) is 0 Å². The molecule has 1 heterocycles. The fourth-order valence-electron chi connectivity index (χ4n) is 3.30. The monoisotopic (exact) mass is 313 g/mol. The van der Waals surface area contributed by atoms with Crippen LogP contribution in [0.4, 0.5) is 0 Å². The highest BCUT2D eigenvalue weighted by atomic mass is 16.7. The van der Waals surface area contributed by atoms with Crippen LogP contribution in [0.2, 0.25) is 0 Å². The van der Waals surface area contributed by atoms with Gasteiger partial charge >= 0.3 is 5.97 Å². The van der Waals surface area contributed by atoms with Crippen LogP contribution in [0.15, 0.2) is 16.8 Å². The van der Waals surface area contributed by atoms with Gasteiger partial charge in [0.25, 0.3) is 0 Å². The summed E-state index contributed by atoms with van der Waals surface area (Å²) in [6.07, 6.45) is 2.30. The van der Waals surface area contributed by atoms with E-state index in [1.54, 1.807) is 27.2 Å². The second kappa shape index (κ2) is 6.66. The smallest absolute Gasteiger partial charge is 0.333 e. The molecule has 0 amide bonds. The fraction of sp³-hybridized carbons (Fsp3) is 0.733. The molecule has 7 nitrogen and oxygen atoms in total. The second-order valence-corrected chi connectivity index (χ2v) is 5.69. The molecule has 0 saturated heterocycles. The zero-order chi connectivity index (χ0) is 16.3. The Labute approximate surface area is 130 Å². The maximum Gasteiger partial charge on any atom is 0.333 e. The molecule has 0 bridgehead atoms. The molecule has 7 heteroatoms. The summed E-state index contributed by atoms with van der Waals surface area (Å²) in [5.41, 5.74) is -0.308. The molecule has 2 aliphatic rings. The van der Waals surface area contributed by atoms with Gasteiger partial charge in [0.1, 0.15) is 24.4 Å². The molecule has 4 atom stereocenters. The number of fused-ring (bicyclic) bond motifs is 1. The summed E-state index contributed by atoms with van der Waals surface area (Å²) >= 11 is 0. The van der Waals surface area contributed by atoms with Crippen LogP contribution in [0.3, 0.4) is 0 Å². The van der Waals surface area contributed by atoms with Gasteiger partial charge in [0, 0.05) is 12.7 Å². The normalized spacial score (nSPS) is 34.0. The zero-order valence-corrected chi connectivity index (χ0v) is 13.6. The van der Waals surface area contributed by atoms with Crippen molar-refractivity contribution < 1.29 is 28.6 Å². The van der Waals surface area contributed by atoms with Crippen molar-refractivity contribution in [3.8, 4) is 0 Å². The predicted molar refractivity (Wildman–Crippen MR) is 78.1 cm³/mol. The van der Waals surface area contributed by atoms with Gasteiger partial charge in [0.2, 0.25) is 5.90 Å². The molecule has 0 N–H and O–H groups in total. The van der Waals surface area contributed by atoms with Crippen molar-refractivity contribution in [2.45, 2.75) is 32.0 Å². The average Bonchev–Trinajstić information content (AvgIpc) is 3.05. The van der Waals surface area contributed by atoms with Crippen LogP contribution in [0.5, 0.6) is 0 Å². The van der Waals surface area contributed by atoms with Crippen LogP contribution in [0.1, 0.15) is 20.3 Å². The molecule has 1 fully saturated rings. The Morgan fingerprint density at radius 2 is 2.18 bits per heavy atom. The molecule has 1 aliphatic carbocycles.